The zero-order valence-corrected chi connectivity index (χ0v) is 11.1. The molecule has 0 atom stereocenters. The van der Waals surface area contributed by atoms with Crippen LogP contribution in [0.25, 0.3) is 0 Å². The number of aromatic nitrogens is 1. The smallest absolute Gasteiger partial charge is 0.128 e. The van der Waals surface area contributed by atoms with Gasteiger partial charge >= 0.3 is 0 Å². The molecule has 0 radical (unpaired) electrons. The molecule has 94 valence electrons. The van der Waals surface area contributed by atoms with Gasteiger partial charge in [0, 0.05) is 26.2 Å². The summed E-state index contributed by atoms with van der Waals surface area (Å²) < 4.78 is 0. The Kier molecular flexibility index (Phi) is 4.10. The second kappa shape index (κ2) is 5.17. The maximum Gasteiger partial charge on any atom is 0.128 e. The number of amidine groups is 1. The molecule has 0 spiro atoms. The van der Waals surface area contributed by atoms with Gasteiger partial charge in [-0.1, -0.05) is 26.8 Å². The van der Waals surface area contributed by atoms with E-state index in [0.717, 1.165) is 12.4 Å². The zero-order chi connectivity index (χ0) is 13.1. The first-order valence-corrected chi connectivity index (χ1v) is 5.81. The summed E-state index contributed by atoms with van der Waals surface area (Å²) in [5, 5.41) is 7.20. The molecule has 17 heavy (non-hydrogen) atoms. The summed E-state index contributed by atoms with van der Waals surface area (Å²) in [6.45, 7) is 7.23. The van der Waals surface area contributed by atoms with Crippen molar-refractivity contribution < 1.29 is 0 Å². The van der Waals surface area contributed by atoms with Crippen LogP contribution in [0.15, 0.2) is 18.3 Å². The molecule has 0 unspecified atom stereocenters. The van der Waals surface area contributed by atoms with Crippen molar-refractivity contribution in [3.8, 4) is 0 Å². The fourth-order valence-corrected chi connectivity index (χ4v) is 1.46. The van der Waals surface area contributed by atoms with E-state index in [4.69, 9.17) is 11.1 Å². The third-order valence-corrected chi connectivity index (χ3v) is 2.72. The van der Waals surface area contributed by atoms with Gasteiger partial charge in [-0.05, 0) is 17.0 Å². The molecule has 0 fully saturated rings. The van der Waals surface area contributed by atoms with Gasteiger partial charge in [-0.2, -0.15) is 0 Å². The summed E-state index contributed by atoms with van der Waals surface area (Å²) in [5.74, 6) is 1.13. The molecule has 4 nitrogen and oxygen atoms in total. The molecule has 1 aromatic heterocycles. The number of anilines is 1. The molecule has 0 bridgehead atoms. The molecular weight excluding hydrogens is 212 g/mol. The van der Waals surface area contributed by atoms with Crippen molar-refractivity contribution in [1.82, 2.24) is 4.98 Å². The normalized spacial score (nSPS) is 11.3. The Morgan fingerprint density at radius 2 is 2.06 bits per heavy atom. The Balaban J connectivity index is 2.70. The van der Waals surface area contributed by atoms with Crippen molar-refractivity contribution >= 4 is 11.7 Å². The van der Waals surface area contributed by atoms with Gasteiger partial charge in [0.15, 0.2) is 0 Å². The molecule has 1 aromatic rings. The van der Waals surface area contributed by atoms with Gasteiger partial charge in [0.2, 0.25) is 0 Å². The largest absolute Gasteiger partial charge is 0.388 e. The van der Waals surface area contributed by atoms with Crippen LogP contribution in [0.4, 0.5) is 5.82 Å². The lowest BCUT2D eigenvalue weighted by Gasteiger charge is -2.21. The molecular formula is C13H22N4. The van der Waals surface area contributed by atoms with E-state index in [1.807, 2.05) is 24.2 Å². The molecule has 0 saturated carbocycles. The van der Waals surface area contributed by atoms with E-state index in [1.54, 1.807) is 0 Å². The topological polar surface area (TPSA) is 66.0 Å². The first kappa shape index (κ1) is 13.5. The number of nitrogens with two attached hydrogens (primary N) is 1. The highest BCUT2D eigenvalue weighted by atomic mass is 15.2. The van der Waals surface area contributed by atoms with Crippen LogP contribution in [0.1, 0.15) is 32.8 Å². The molecule has 0 saturated heterocycles. The predicted octanol–water partition coefficient (Wildman–Crippen LogP) is 2.14. The quantitative estimate of drug-likeness (QED) is 0.619. The van der Waals surface area contributed by atoms with Gasteiger partial charge in [0.25, 0.3) is 0 Å². The number of hydrogen-bond acceptors (Lipinski definition) is 3. The fraction of sp³-hybridized carbons (Fsp3) is 0.538. The second-order valence-electron chi connectivity index (χ2n) is 5.35. The van der Waals surface area contributed by atoms with Crippen LogP contribution in [-0.2, 0) is 5.41 Å². The van der Waals surface area contributed by atoms with Crippen LogP contribution in [0.3, 0.4) is 0 Å². The minimum Gasteiger partial charge on any atom is -0.388 e. The monoisotopic (exact) mass is 234 g/mol. The highest BCUT2D eigenvalue weighted by Gasteiger charge is 2.14. The number of nitrogens with one attached hydrogen (secondary N) is 1. The zero-order valence-electron chi connectivity index (χ0n) is 11.1. The van der Waals surface area contributed by atoms with E-state index >= 15 is 0 Å². The minimum atomic E-state index is 0.128. The summed E-state index contributed by atoms with van der Waals surface area (Å²) >= 11 is 0. The number of nitrogens with zero attached hydrogens (tertiary/aromatic N) is 2. The first-order chi connectivity index (χ1) is 7.80. The first-order valence-electron chi connectivity index (χ1n) is 5.81. The predicted molar refractivity (Wildman–Crippen MR) is 72.7 cm³/mol. The lowest BCUT2D eigenvalue weighted by Crippen LogP contribution is -2.24. The van der Waals surface area contributed by atoms with Crippen molar-refractivity contribution in [2.24, 2.45) is 5.73 Å². The Morgan fingerprint density at radius 1 is 1.41 bits per heavy atom. The van der Waals surface area contributed by atoms with E-state index in [-0.39, 0.29) is 11.3 Å². The van der Waals surface area contributed by atoms with Crippen molar-refractivity contribution in [2.45, 2.75) is 32.6 Å². The highest BCUT2D eigenvalue weighted by Crippen LogP contribution is 2.22. The maximum atomic E-state index is 7.20. The minimum absolute atomic E-state index is 0.128. The maximum absolute atomic E-state index is 7.20. The summed E-state index contributed by atoms with van der Waals surface area (Å²) in [5.41, 5.74) is 6.69. The van der Waals surface area contributed by atoms with Crippen LogP contribution < -0.4 is 10.6 Å². The summed E-state index contributed by atoms with van der Waals surface area (Å²) in [4.78, 5) is 6.45. The molecule has 0 aliphatic rings. The summed E-state index contributed by atoms with van der Waals surface area (Å²) in [6.07, 6.45) is 2.48. The average Bonchev–Trinajstić information content (AvgIpc) is 2.25. The van der Waals surface area contributed by atoms with E-state index in [1.165, 1.54) is 5.56 Å². The van der Waals surface area contributed by atoms with Crippen LogP contribution in [0.2, 0.25) is 0 Å². The molecule has 4 heteroatoms. The molecule has 3 N–H and O–H groups in total. The van der Waals surface area contributed by atoms with Crippen LogP contribution in [0.5, 0.6) is 0 Å². The van der Waals surface area contributed by atoms with Gasteiger partial charge in [-0.25, -0.2) is 4.98 Å². The van der Waals surface area contributed by atoms with Gasteiger partial charge < -0.3 is 10.6 Å². The Labute approximate surface area is 103 Å². The van der Waals surface area contributed by atoms with Crippen molar-refractivity contribution in [3.05, 3.63) is 23.9 Å². The van der Waals surface area contributed by atoms with Crippen LogP contribution >= 0.6 is 0 Å². The van der Waals surface area contributed by atoms with Gasteiger partial charge in [0.05, 0.1) is 5.84 Å². The number of rotatable bonds is 4. The van der Waals surface area contributed by atoms with E-state index < -0.39 is 0 Å². The van der Waals surface area contributed by atoms with E-state index in [0.29, 0.717) is 6.42 Å². The van der Waals surface area contributed by atoms with Crippen LogP contribution in [-0.4, -0.2) is 24.4 Å². The number of hydrogen-bond donors (Lipinski definition) is 2. The van der Waals surface area contributed by atoms with Crippen molar-refractivity contribution in [1.29, 1.82) is 5.41 Å². The van der Waals surface area contributed by atoms with Gasteiger partial charge in [-0.3, -0.25) is 5.41 Å². The Morgan fingerprint density at radius 3 is 2.47 bits per heavy atom. The third kappa shape index (κ3) is 4.06. The van der Waals surface area contributed by atoms with Crippen LogP contribution in [0, 0.1) is 5.41 Å². The highest BCUT2D eigenvalue weighted by molar-refractivity contribution is 5.77. The van der Waals surface area contributed by atoms with Gasteiger partial charge in [0.1, 0.15) is 5.82 Å². The standard InChI is InChI=1S/C13H22N4/c1-13(2,3)10-5-6-12(16-9-10)17(4)8-7-11(14)15/h5-6,9H,7-8H2,1-4H3,(H3,14,15). The Hall–Kier alpha value is -1.58. The molecule has 0 amide bonds. The van der Waals surface area contributed by atoms with E-state index in [2.05, 4.69) is 31.8 Å². The van der Waals surface area contributed by atoms with Gasteiger partial charge in [-0.15, -0.1) is 0 Å². The molecule has 0 aliphatic heterocycles. The Bertz CT molecular complexity index is 375. The molecule has 0 aromatic carbocycles. The third-order valence-electron chi connectivity index (χ3n) is 2.72. The lowest BCUT2D eigenvalue weighted by molar-refractivity contribution is 0.587. The summed E-state index contributed by atoms with van der Waals surface area (Å²) in [6, 6.07) is 4.12. The average molecular weight is 234 g/mol. The van der Waals surface area contributed by atoms with Crippen molar-refractivity contribution in [3.63, 3.8) is 0 Å². The summed E-state index contributed by atoms with van der Waals surface area (Å²) in [7, 11) is 1.96. The fourth-order valence-electron chi connectivity index (χ4n) is 1.46. The SMILES string of the molecule is CN(CCC(=N)N)c1ccc(C(C)(C)C)cn1. The second-order valence-corrected chi connectivity index (χ2v) is 5.35. The molecule has 1 rings (SSSR count). The van der Waals surface area contributed by atoms with E-state index in [9.17, 15) is 0 Å². The van der Waals surface area contributed by atoms with Crippen molar-refractivity contribution in [2.75, 3.05) is 18.5 Å². The molecule has 0 aliphatic carbocycles. The number of pyridine rings is 1. The lowest BCUT2D eigenvalue weighted by atomic mass is 9.88. The molecule has 1 heterocycles.